The predicted octanol–water partition coefficient (Wildman–Crippen LogP) is 0.980. The number of carbonyl (C=O) groups is 2. The molecule has 0 saturated heterocycles. The average molecular weight is 251 g/mol. The minimum Gasteiger partial charge on any atom is -0.444 e. The molecule has 0 bridgehead atoms. The van der Waals surface area contributed by atoms with Crippen LogP contribution < -0.4 is 5.32 Å². The van der Waals surface area contributed by atoms with Crippen molar-refractivity contribution in [1.82, 2.24) is 5.32 Å². The fourth-order valence-electron chi connectivity index (χ4n) is 0.868. The van der Waals surface area contributed by atoms with E-state index < -0.39 is 31.0 Å². The predicted molar refractivity (Wildman–Crippen MR) is 59.9 cm³/mol. The van der Waals surface area contributed by atoms with E-state index in [4.69, 9.17) is 9.63 Å². The number of amides is 1. The highest BCUT2D eigenvalue weighted by Gasteiger charge is 2.19. The van der Waals surface area contributed by atoms with Gasteiger partial charge in [0.15, 0.2) is 5.78 Å². The average Bonchev–Trinajstić information content (AvgIpc) is 1.94. The van der Waals surface area contributed by atoms with Crippen LogP contribution in [-0.4, -0.2) is 41.7 Å². The molecule has 0 aliphatic heterocycles. The molecule has 1 atom stereocenters. The van der Waals surface area contributed by atoms with Gasteiger partial charge in [0, 0.05) is 6.66 Å². The van der Waals surface area contributed by atoms with E-state index in [0.717, 1.165) is 6.66 Å². The van der Waals surface area contributed by atoms with Crippen molar-refractivity contribution in [3.63, 3.8) is 0 Å². The molecule has 0 aromatic rings. The van der Waals surface area contributed by atoms with Crippen molar-refractivity contribution in [3.8, 4) is 0 Å². The topological polar surface area (TPSA) is 92.7 Å². The lowest BCUT2D eigenvalue weighted by Crippen LogP contribution is -2.36. The number of alkyl carbamates (subject to hydrolysis) is 1. The lowest BCUT2D eigenvalue weighted by atomic mass is 10.2. The molecule has 0 heterocycles. The molecule has 0 fully saturated rings. The maximum absolute atomic E-state index is 11.1. The molecule has 0 rings (SSSR count). The van der Waals surface area contributed by atoms with Crippen LogP contribution in [0, 0.1) is 0 Å². The number of hydrogen-bond donors (Lipinski definition) is 2. The van der Waals surface area contributed by atoms with Gasteiger partial charge in [-0.15, -0.1) is 0 Å². The van der Waals surface area contributed by atoms with Gasteiger partial charge >= 0.3 is 6.09 Å². The van der Waals surface area contributed by atoms with Crippen molar-refractivity contribution in [2.45, 2.75) is 26.4 Å². The Bertz CT molecular complexity index is 314. The SMILES string of the molecule is CC(C)(C)OC(=O)NCC(=O)CP(C)(=O)O. The Kier molecular flexibility index (Phi) is 5.16. The Morgan fingerprint density at radius 1 is 1.38 bits per heavy atom. The van der Waals surface area contributed by atoms with Gasteiger partial charge in [0.2, 0.25) is 7.37 Å². The second kappa shape index (κ2) is 5.46. The first-order chi connectivity index (χ1) is 6.99. The molecule has 0 aromatic heterocycles. The van der Waals surface area contributed by atoms with Crippen LogP contribution in [0.2, 0.25) is 0 Å². The van der Waals surface area contributed by atoms with Crippen molar-refractivity contribution >= 4 is 19.2 Å². The summed E-state index contributed by atoms with van der Waals surface area (Å²) >= 11 is 0. The zero-order valence-electron chi connectivity index (χ0n) is 9.94. The minimum atomic E-state index is -3.36. The van der Waals surface area contributed by atoms with Gasteiger partial charge in [-0.2, -0.15) is 0 Å². The third-order valence-corrected chi connectivity index (χ3v) is 2.24. The highest BCUT2D eigenvalue weighted by atomic mass is 31.2. The summed E-state index contributed by atoms with van der Waals surface area (Å²) in [6.45, 7) is 5.89. The molecule has 0 saturated carbocycles. The van der Waals surface area contributed by atoms with Crippen molar-refractivity contribution in [1.29, 1.82) is 0 Å². The van der Waals surface area contributed by atoms with Crippen molar-refractivity contribution in [2.75, 3.05) is 19.4 Å². The minimum absolute atomic E-state index is 0.298. The molecule has 0 radical (unpaired) electrons. The first-order valence-corrected chi connectivity index (χ1v) is 7.07. The van der Waals surface area contributed by atoms with Gasteiger partial charge in [0.25, 0.3) is 0 Å². The number of rotatable bonds is 4. The van der Waals surface area contributed by atoms with E-state index in [1.807, 2.05) is 0 Å². The number of Topliss-reactive ketones (excluding diaryl/α,β-unsaturated/α-hetero) is 1. The first-order valence-electron chi connectivity index (χ1n) is 4.77. The Morgan fingerprint density at radius 2 is 1.88 bits per heavy atom. The number of carbonyl (C=O) groups excluding carboxylic acids is 2. The van der Waals surface area contributed by atoms with Crippen molar-refractivity contribution < 1.29 is 23.8 Å². The summed E-state index contributed by atoms with van der Waals surface area (Å²) in [6.07, 6.45) is -1.16. The van der Waals surface area contributed by atoms with Crippen LogP contribution in [0.1, 0.15) is 20.8 Å². The second-order valence-electron chi connectivity index (χ2n) is 4.60. The van der Waals surface area contributed by atoms with E-state index in [1.165, 1.54) is 0 Å². The molecule has 1 unspecified atom stereocenters. The van der Waals surface area contributed by atoms with Crippen molar-refractivity contribution in [2.24, 2.45) is 0 Å². The monoisotopic (exact) mass is 251 g/mol. The summed E-state index contributed by atoms with van der Waals surface area (Å²) in [5.74, 6) is -0.501. The summed E-state index contributed by atoms with van der Waals surface area (Å²) in [6, 6.07) is 0. The number of hydrogen-bond acceptors (Lipinski definition) is 4. The first kappa shape index (κ1) is 15.1. The highest BCUT2D eigenvalue weighted by molar-refractivity contribution is 7.58. The maximum atomic E-state index is 11.1. The van der Waals surface area contributed by atoms with Crippen LogP contribution in [0.3, 0.4) is 0 Å². The molecule has 0 aromatic carbocycles. The fraction of sp³-hybridized carbons (Fsp3) is 0.778. The lowest BCUT2D eigenvalue weighted by molar-refractivity contribution is -0.116. The molecule has 7 heteroatoms. The summed E-state index contributed by atoms with van der Waals surface area (Å²) < 4.78 is 15.8. The van der Waals surface area contributed by atoms with Crippen molar-refractivity contribution in [3.05, 3.63) is 0 Å². The van der Waals surface area contributed by atoms with Gasteiger partial charge in [-0.25, -0.2) is 4.79 Å². The molecule has 94 valence electrons. The summed E-state index contributed by atoms with van der Waals surface area (Å²) in [5.41, 5.74) is -0.635. The quantitative estimate of drug-likeness (QED) is 0.726. The van der Waals surface area contributed by atoms with Crippen LogP contribution >= 0.6 is 7.37 Å². The molecule has 6 nitrogen and oxygen atoms in total. The van der Waals surface area contributed by atoms with Gasteiger partial charge in [0.1, 0.15) is 5.60 Å². The smallest absolute Gasteiger partial charge is 0.408 e. The number of ketones is 1. The summed E-state index contributed by atoms with van der Waals surface area (Å²) in [5, 5.41) is 2.22. The molecule has 2 N–H and O–H groups in total. The van der Waals surface area contributed by atoms with Gasteiger partial charge < -0.3 is 14.9 Å². The van der Waals surface area contributed by atoms with E-state index >= 15 is 0 Å². The molecule has 1 amide bonds. The molecule has 0 spiro atoms. The Hall–Kier alpha value is -0.870. The zero-order chi connectivity index (χ0) is 13.0. The van der Waals surface area contributed by atoms with Crippen LogP contribution in [0.15, 0.2) is 0 Å². The van der Waals surface area contributed by atoms with Crippen LogP contribution in [-0.2, 0) is 14.1 Å². The normalized spacial score (nSPS) is 15.1. The largest absolute Gasteiger partial charge is 0.444 e. The molecular weight excluding hydrogens is 233 g/mol. The van der Waals surface area contributed by atoms with E-state index in [1.54, 1.807) is 20.8 Å². The van der Waals surface area contributed by atoms with Gasteiger partial charge in [-0.05, 0) is 20.8 Å². The molecular formula is C9H18NO5P. The Balaban J connectivity index is 3.94. The van der Waals surface area contributed by atoms with Crippen LogP contribution in [0.4, 0.5) is 4.79 Å². The zero-order valence-corrected chi connectivity index (χ0v) is 10.8. The molecule has 16 heavy (non-hydrogen) atoms. The second-order valence-corrected chi connectivity index (χ2v) is 7.02. The molecule has 0 aliphatic carbocycles. The number of nitrogens with one attached hydrogen (secondary N) is 1. The van der Waals surface area contributed by atoms with Gasteiger partial charge in [0.05, 0.1) is 12.7 Å². The standard InChI is InChI=1S/C9H18NO5P/c1-9(2,3)15-8(12)10-5-7(11)6-16(4,13)14/h5-6H2,1-4H3,(H,10,12)(H,13,14). The van der Waals surface area contributed by atoms with E-state index in [-0.39, 0.29) is 6.54 Å². The van der Waals surface area contributed by atoms with Crippen LogP contribution in [0.25, 0.3) is 0 Å². The number of ether oxygens (including phenoxy) is 1. The van der Waals surface area contributed by atoms with Crippen LogP contribution in [0.5, 0.6) is 0 Å². The summed E-state index contributed by atoms with van der Waals surface area (Å²) in [7, 11) is -3.36. The third-order valence-electron chi connectivity index (χ3n) is 1.30. The summed E-state index contributed by atoms with van der Waals surface area (Å²) in [4.78, 5) is 31.2. The Labute approximate surface area is 94.8 Å². The van der Waals surface area contributed by atoms with E-state index in [2.05, 4.69) is 5.32 Å². The van der Waals surface area contributed by atoms with E-state index in [0.29, 0.717) is 0 Å². The highest BCUT2D eigenvalue weighted by Crippen LogP contribution is 2.34. The fourth-order valence-corrected chi connectivity index (χ4v) is 1.63. The third kappa shape index (κ3) is 9.68. The molecule has 0 aliphatic rings. The Morgan fingerprint density at radius 3 is 2.25 bits per heavy atom. The van der Waals surface area contributed by atoms with Gasteiger partial charge in [-0.1, -0.05) is 0 Å². The van der Waals surface area contributed by atoms with Gasteiger partial charge in [-0.3, -0.25) is 9.36 Å². The lowest BCUT2D eigenvalue weighted by Gasteiger charge is -2.19. The maximum Gasteiger partial charge on any atom is 0.408 e. The van der Waals surface area contributed by atoms with E-state index in [9.17, 15) is 14.2 Å².